The summed E-state index contributed by atoms with van der Waals surface area (Å²) in [6.07, 6.45) is 0. The number of amides is 3. The summed E-state index contributed by atoms with van der Waals surface area (Å²) in [5, 5.41) is 2.71. The Labute approximate surface area is 129 Å². The summed E-state index contributed by atoms with van der Waals surface area (Å²) in [7, 11) is 0. The maximum absolute atomic E-state index is 11.6. The monoisotopic (exact) mass is 297 g/mol. The van der Waals surface area contributed by atoms with Gasteiger partial charge in [-0.15, -0.1) is 0 Å². The maximum atomic E-state index is 11.6. The van der Waals surface area contributed by atoms with Crippen molar-refractivity contribution in [3.8, 4) is 11.1 Å². The predicted molar refractivity (Wildman–Crippen MR) is 85.8 cm³/mol. The zero-order valence-electron chi connectivity index (χ0n) is 12.6. The molecule has 2 aromatic rings. The first-order chi connectivity index (χ1) is 10.6. The maximum Gasteiger partial charge on any atom is 0.333 e. The van der Waals surface area contributed by atoms with Crippen molar-refractivity contribution in [2.75, 3.05) is 0 Å². The van der Waals surface area contributed by atoms with Gasteiger partial charge in [-0.3, -0.25) is 10.2 Å². The van der Waals surface area contributed by atoms with E-state index < -0.39 is 6.03 Å². The van der Waals surface area contributed by atoms with Crippen molar-refractivity contribution in [1.29, 1.82) is 0 Å². The zero-order chi connectivity index (χ0) is 15.9. The third-order valence-corrected chi connectivity index (χ3v) is 3.25. The van der Waals surface area contributed by atoms with E-state index in [-0.39, 0.29) is 5.91 Å². The van der Waals surface area contributed by atoms with Crippen LogP contribution < -0.4 is 16.2 Å². The number of hydrogen-bond donors (Lipinski definition) is 3. The van der Waals surface area contributed by atoms with Crippen LogP contribution in [-0.2, 0) is 11.3 Å². The second-order valence-corrected chi connectivity index (χ2v) is 5.00. The molecule has 2 aromatic carbocycles. The summed E-state index contributed by atoms with van der Waals surface area (Å²) >= 11 is 0. The molecular weight excluding hydrogens is 278 g/mol. The van der Waals surface area contributed by atoms with E-state index in [2.05, 4.69) is 28.3 Å². The average molecular weight is 297 g/mol. The lowest BCUT2D eigenvalue weighted by atomic mass is 10.00. The molecule has 0 heterocycles. The SMILES string of the molecule is CC(=O)NNC(=O)NCc1cc(-c2ccccc2)ccc1C. The van der Waals surface area contributed by atoms with Crippen LogP contribution in [0.4, 0.5) is 4.79 Å². The molecule has 5 heteroatoms. The fraction of sp³-hybridized carbons (Fsp3) is 0.176. The molecule has 0 fully saturated rings. The van der Waals surface area contributed by atoms with Crippen LogP contribution in [-0.4, -0.2) is 11.9 Å². The summed E-state index contributed by atoms with van der Waals surface area (Å²) < 4.78 is 0. The van der Waals surface area contributed by atoms with Crippen LogP contribution >= 0.6 is 0 Å². The Kier molecular flexibility index (Phi) is 5.14. The molecule has 22 heavy (non-hydrogen) atoms. The minimum absolute atomic E-state index is 0.322. The molecule has 114 valence electrons. The molecule has 0 aliphatic heterocycles. The Morgan fingerprint density at radius 3 is 2.36 bits per heavy atom. The third-order valence-electron chi connectivity index (χ3n) is 3.25. The van der Waals surface area contributed by atoms with E-state index in [0.717, 1.165) is 22.3 Å². The van der Waals surface area contributed by atoms with E-state index in [4.69, 9.17) is 0 Å². The number of benzene rings is 2. The molecule has 2 rings (SSSR count). The molecule has 0 aliphatic carbocycles. The molecule has 3 amide bonds. The van der Waals surface area contributed by atoms with Gasteiger partial charge < -0.3 is 5.32 Å². The largest absolute Gasteiger partial charge is 0.333 e. The highest BCUT2D eigenvalue weighted by molar-refractivity contribution is 5.79. The van der Waals surface area contributed by atoms with Gasteiger partial charge in [0.15, 0.2) is 0 Å². The topological polar surface area (TPSA) is 70.2 Å². The van der Waals surface area contributed by atoms with Gasteiger partial charge in [-0.05, 0) is 35.2 Å². The molecule has 0 aliphatic rings. The van der Waals surface area contributed by atoms with Crippen LogP contribution in [0.2, 0.25) is 0 Å². The Bertz CT molecular complexity index is 669. The predicted octanol–water partition coefficient (Wildman–Crippen LogP) is 2.51. The quantitative estimate of drug-likeness (QED) is 0.762. The number of nitrogens with one attached hydrogen (secondary N) is 3. The molecule has 0 atom stereocenters. The van der Waals surface area contributed by atoms with E-state index in [0.29, 0.717) is 6.54 Å². The molecule has 3 N–H and O–H groups in total. The molecule has 0 unspecified atom stereocenters. The highest BCUT2D eigenvalue weighted by Gasteiger charge is 2.05. The summed E-state index contributed by atoms with van der Waals surface area (Å²) in [4.78, 5) is 22.3. The van der Waals surface area contributed by atoms with Gasteiger partial charge in [0.2, 0.25) is 5.91 Å². The van der Waals surface area contributed by atoms with Crippen molar-refractivity contribution >= 4 is 11.9 Å². The number of carbonyl (C=O) groups excluding carboxylic acids is 2. The summed E-state index contributed by atoms with van der Waals surface area (Å²) in [6, 6.07) is 15.8. The molecule has 0 saturated carbocycles. The van der Waals surface area contributed by atoms with Crippen molar-refractivity contribution in [2.45, 2.75) is 20.4 Å². The summed E-state index contributed by atoms with van der Waals surface area (Å²) in [5.41, 5.74) is 8.86. The molecule has 0 radical (unpaired) electrons. The van der Waals surface area contributed by atoms with Crippen molar-refractivity contribution in [3.05, 3.63) is 59.7 Å². The lowest BCUT2D eigenvalue weighted by Crippen LogP contribution is -2.45. The Balaban J connectivity index is 2.05. The second-order valence-electron chi connectivity index (χ2n) is 5.00. The first-order valence-corrected chi connectivity index (χ1v) is 7.01. The van der Waals surface area contributed by atoms with E-state index in [9.17, 15) is 9.59 Å². The van der Waals surface area contributed by atoms with Gasteiger partial charge in [0.05, 0.1) is 0 Å². The van der Waals surface area contributed by atoms with Gasteiger partial charge in [0, 0.05) is 13.5 Å². The first kappa shape index (κ1) is 15.6. The van der Waals surface area contributed by atoms with Gasteiger partial charge >= 0.3 is 6.03 Å². The standard InChI is InChI=1S/C17H19N3O2/c1-12-8-9-15(14-6-4-3-5-7-14)10-16(12)11-18-17(22)20-19-13(2)21/h3-10H,11H2,1-2H3,(H,19,21)(H2,18,20,22). The average Bonchev–Trinajstić information content (AvgIpc) is 2.53. The first-order valence-electron chi connectivity index (χ1n) is 7.01. The lowest BCUT2D eigenvalue weighted by Gasteiger charge is -2.11. The fourth-order valence-electron chi connectivity index (χ4n) is 2.04. The minimum atomic E-state index is -0.445. The van der Waals surface area contributed by atoms with Crippen LogP contribution in [0.25, 0.3) is 11.1 Å². The number of aryl methyl sites for hydroxylation is 1. The highest BCUT2D eigenvalue weighted by atomic mass is 16.2. The number of hydrazine groups is 1. The minimum Gasteiger partial charge on any atom is -0.333 e. The molecule has 0 spiro atoms. The Morgan fingerprint density at radius 2 is 1.68 bits per heavy atom. The van der Waals surface area contributed by atoms with Crippen LogP contribution in [0.15, 0.2) is 48.5 Å². The molecule has 0 aromatic heterocycles. The van der Waals surface area contributed by atoms with Crippen LogP contribution in [0.1, 0.15) is 18.1 Å². The van der Waals surface area contributed by atoms with E-state index in [1.165, 1.54) is 6.92 Å². The molecule has 0 bridgehead atoms. The number of rotatable bonds is 3. The molecule has 5 nitrogen and oxygen atoms in total. The molecule has 0 saturated heterocycles. The number of hydrogen-bond acceptors (Lipinski definition) is 2. The summed E-state index contributed by atoms with van der Waals surface area (Å²) in [6.45, 7) is 3.71. The normalized spacial score (nSPS) is 9.91. The van der Waals surface area contributed by atoms with Gasteiger partial charge in [-0.2, -0.15) is 0 Å². The van der Waals surface area contributed by atoms with E-state index in [1.807, 2.05) is 43.3 Å². The van der Waals surface area contributed by atoms with Crippen molar-refractivity contribution in [2.24, 2.45) is 0 Å². The number of urea groups is 1. The lowest BCUT2D eigenvalue weighted by molar-refractivity contribution is -0.119. The van der Waals surface area contributed by atoms with E-state index >= 15 is 0 Å². The zero-order valence-corrected chi connectivity index (χ0v) is 12.6. The van der Waals surface area contributed by atoms with Crippen molar-refractivity contribution in [1.82, 2.24) is 16.2 Å². The van der Waals surface area contributed by atoms with Gasteiger partial charge in [0.1, 0.15) is 0 Å². The molecular formula is C17H19N3O2. The second kappa shape index (κ2) is 7.26. The Morgan fingerprint density at radius 1 is 0.955 bits per heavy atom. The van der Waals surface area contributed by atoms with Crippen molar-refractivity contribution in [3.63, 3.8) is 0 Å². The summed E-state index contributed by atoms with van der Waals surface area (Å²) in [5.74, 6) is -0.322. The van der Waals surface area contributed by atoms with Crippen molar-refractivity contribution < 1.29 is 9.59 Å². The van der Waals surface area contributed by atoms with Gasteiger partial charge in [-0.25, -0.2) is 10.2 Å². The number of carbonyl (C=O) groups is 2. The van der Waals surface area contributed by atoms with Gasteiger partial charge in [0.25, 0.3) is 0 Å². The Hall–Kier alpha value is -2.82. The fourth-order valence-corrected chi connectivity index (χ4v) is 2.04. The van der Waals surface area contributed by atoms with Crippen LogP contribution in [0, 0.1) is 6.92 Å². The smallest absolute Gasteiger partial charge is 0.333 e. The van der Waals surface area contributed by atoms with Crippen LogP contribution in [0.3, 0.4) is 0 Å². The third kappa shape index (κ3) is 4.34. The highest BCUT2D eigenvalue weighted by Crippen LogP contribution is 2.22. The van der Waals surface area contributed by atoms with Gasteiger partial charge in [-0.1, -0.05) is 42.5 Å². The van der Waals surface area contributed by atoms with Crippen LogP contribution in [0.5, 0.6) is 0 Å². The van der Waals surface area contributed by atoms with E-state index in [1.54, 1.807) is 0 Å².